The quantitative estimate of drug-likeness (QED) is 0.944. The van der Waals surface area contributed by atoms with Crippen LogP contribution in [0.4, 0.5) is 0 Å². The molecule has 1 heterocycles. The molecule has 0 aliphatic carbocycles. The van der Waals surface area contributed by atoms with Crippen LogP contribution in [0.15, 0.2) is 35.1 Å². The van der Waals surface area contributed by atoms with Gasteiger partial charge in [0.15, 0.2) is 5.69 Å². The van der Waals surface area contributed by atoms with Crippen LogP contribution in [0.2, 0.25) is 10.0 Å². The van der Waals surface area contributed by atoms with Crippen molar-refractivity contribution in [1.82, 2.24) is 9.78 Å². The van der Waals surface area contributed by atoms with Gasteiger partial charge in [0, 0.05) is 21.7 Å². The van der Waals surface area contributed by atoms with Crippen molar-refractivity contribution in [2.45, 2.75) is 6.54 Å². The van der Waals surface area contributed by atoms with Gasteiger partial charge >= 0.3 is 5.97 Å². The maximum absolute atomic E-state index is 11.6. The predicted octanol–water partition coefficient (Wildman–Crippen LogP) is 2.30. The molecule has 1 aromatic heterocycles. The molecule has 1 aromatic carbocycles. The topological polar surface area (TPSA) is 72.2 Å². The average Bonchev–Trinajstić information content (AvgIpc) is 2.35. The molecule has 2 rings (SSSR count). The lowest BCUT2D eigenvalue weighted by Crippen LogP contribution is -2.25. The summed E-state index contributed by atoms with van der Waals surface area (Å²) < 4.78 is 1.01. The molecule has 0 aliphatic rings. The highest BCUT2D eigenvalue weighted by Gasteiger charge is 2.11. The molecule has 0 amide bonds. The Kier molecular flexibility index (Phi) is 3.87. The molecule has 0 saturated heterocycles. The largest absolute Gasteiger partial charge is 0.476 e. The Labute approximate surface area is 118 Å². The van der Waals surface area contributed by atoms with Gasteiger partial charge in [-0.2, -0.15) is 5.10 Å². The van der Waals surface area contributed by atoms with E-state index in [0.29, 0.717) is 15.6 Å². The van der Waals surface area contributed by atoms with Gasteiger partial charge in [0.05, 0.1) is 6.54 Å². The number of hydrogen-bond acceptors (Lipinski definition) is 3. The highest BCUT2D eigenvalue weighted by atomic mass is 35.5. The SMILES string of the molecule is O=C(O)c1ccc(=O)n(Cc2c(Cl)cccc2Cl)n1. The maximum Gasteiger partial charge on any atom is 0.356 e. The monoisotopic (exact) mass is 298 g/mol. The molecule has 0 unspecified atom stereocenters. The van der Waals surface area contributed by atoms with Gasteiger partial charge in [-0.1, -0.05) is 29.3 Å². The minimum Gasteiger partial charge on any atom is -0.476 e. The summed E-state index contributed by atoms with van der Waals surface area (Å²) in [6, 6.07) is 7.23. The van der Waals surface area contributed by atoms with Crippen LogP contribution in [0.25, 0.3) is 0 Å². The number of benzene rings is 1. The van der Waals surface area contributed by atoms with Gasteiger partial charge in [0.2, 0.25) is 0 Å². The number of carboxylic acid groups (broad SMARTS) is 1. The Morgan fingerprint density at radius 1 is 1.21 bits per heavy atom. The van der Waals surface area contributed by atoms with Gasteiger partial charge in [-0.15, -0.1) is 0 Å². The molecule has 0 atom stereocenters. The number of aromatic nitrogens is 2. The number of halogens is 2. The van der Waals surface area contributed by atoms with E-state index in [4.69, 9.17) is 28.3 Å². The average molecular weight is 299 g/mol. The zero-order chi connectivity index (χ0) is 14.0. The lowest BCUT2D eigenvalue weighted by molar-refractivity contribution is 0.0687. The van der Waals surface area contributed by atoms with Crippen molar-refractivity contribution in [2.24, 2.45) is 0 Å². The molecule has 0 saturated carbocycles. The molecule has 2 aromatic rings. The van der Waals surface area contributed by atoms with Gasteiger partial charge in [-0.25, -0.2) is 9.48 Å². The molecular formula is C12H8Cl2N2O3. The van der Waals surface area contributed by atoms with Crippen molar-refractivity contribution in [1.29, 1.82) is 0 Å². The number of carbonyl (C=O) groups is 1. The van der Waals surface area contributed by atoms with E-state index >= 15 is 0 Å². The van der Waals surface area contributed by atoms with Crippen LogP contribution in [0.3, 0.4) is 0 Å². The normalized spacial score (nSPS) is 10.4. The Bertz CT molecular complexity index is 677. The summed E-state index contributed by atoms with van der Waals surface area (Å²) in [6.07, 6.45) is 0. The van der Waals surface area contributed by atoms with Crippen LogP contribution in [-0.2, 0) is 6.54 Å². The van der Waals surface area contributed by atoms with E-state index in [-0.39, 0.29) is 12.2 Å². The number of aromatic carboxylic acids is 1. The number of carboxylic acids is 1. The number of rotatable bonds is 3. The van der Waals surface area contributed by atoms with E-state index in [9.17, 15) is 9.59 Å². The Hall–Kier alpha value is -1.85. The van der Waals surface area contributed by atoms with E-state index in [2.05, 4.69) is 5.10 Å². The fourth-order valence-electron chi connectivity index (χ4n) is 1.51. The molecule has 1 N–H and O–H groups in total. The van der Waals surface area contributed by atoms with Crippen molar-refractivity contribution in [2.75, 3.05) is 0 Å². The van der Waals surface area contributed by atoms with Crippen molar-refractivity contribution >= 4 is 29.2 Å². The first-order valence-corrected chi connectivity index (χ1v) is 5.99. The standard InChI is InChI=1S/C12H8Cl2N2O3/c13-8-2-1-3-9(14)7(8)6-16-11(17)5-4-10(15-16)12(18)19/h1-5H,6H2,(H,18,19). The molecule has 5 nitrogen and oxygen atoms in total. The Balaban J connectivity index is 2.46. The molecule has 7 heteroatoms. The van der Waals surface area contributed by atoms with Crippen molar-refractivity contribution in [3.63, 3.8) is 0 Å². The molecule has 0 radical (unpaired) electrons. The second-order valence-corrected chi connectivity index (χ2v) is 4.53. The first-order chi connectivity index (χ1) is 8.99. The van der Waals surface area contributed by atoms with E-state index in [1.54, 1.807) is 18.2 Å². The zero-order valence-electron chi connectivity index (χ0n) is 9.51. The van der Waals surface area contributed by atoms with Crippen molar-refractivity contribution in [3.05, 3.63) is 62.0 Å². The number of nitrogens with zero attached hydrogens (tertiary/aromatic N) is 2. The predicted molar refractivity (Wildman–Crippen MR) is 71.0 cm³/mol. The lowest BCUT2D eigenvalue weighted by atomic mass is 10.2. The van der Waals surface area contributed by atoms with Crippen LogP contribution in [0.5, 0.6) is 0 Å². The molecule has 98 valence electrons. The van der Waals surface area contributed by atoms with Crippen molar-refractivity contribution in [3.8, 4) is 0 Å². The summed E-state index contributed by atoms with van der Waals surface area (Å²) in [5.74, 6) is -1.21. The molecule has 0 spiro atoms. The third-order valence-corrected chi connectivity index (χ3v) is 3.16. The first kappa shape index (κ1) is 13.6. The van der Waals surface area contributed by atoms with Gasteiger partial charge < -0.3 is 5.11 Å². The van der Waals surface area contributed by atoms with Gasteiger partial charge in [-0.3, -0.25) is 4.79 Å². The summed E-state index contributed by atoms with van der Waals surface area (Å²) in [6.45, 7) is 0.0124. The van der Waals surface area contributed by atoms with Gasteiger partial charge in [0.1, 0.15) is 0 Å². The van der Waals surface area contributed by atoms with E-state index in [1.165, 1.54) is 0 Å². The smallest absolute Gasteiger partial charge is 0.356 e. The molecular weight excluding hydrogens is 291 g/mol. The minimum absolute atomic E-state index is 0.0124. The van der Waals surface area contributed by atoms with Gasteiger partial charge in [0.25, 0.3) is 5.56 Å². The highest BCUT2D eigenvalue weighted by Crippen LogP contribution is 2.24. The summed E-state index contributed by atoms with van der Waals surface area (Å²) in [7, 11) is 0. The summed E-state index contributed by atoms with van der Waals surface area (Å²) in [4.78, 5) is 22.5. The first-order valence-electron chi connectivity index (χ1n) is 5.23. The minimum atomic E-state index is -1.21. The van der Waals surface area contributed by atoms with E-state index in [0.717, 1.165) is 16.8 Å². The lowest BCUT2D eigenvalue weighted by Gasteiger charge is -2.08. The Morgan fingerprint density at radius 3 is 2.42 bits per heavy atom. The second kappa shape index (κ2) is 5.42. The molecule has 0 bridgehead atoms. The third kappa shape index (κ3) is 2.94. The number of hydrogen-bond donors (Lipinski definition) is 1. The van der Waals surface area contributed by atoms with E-state index < -0.39 is 11.5 Å². The van der Waals surface area contributed by atoms with E-state index in [1.807, 2.05) is 0 Å². The third-order valence-electron chi connectivity index (χ3n) is 2.46. The fraction of sp³-hybridized carbons (Fsp3) is 0.0833. The van der Waals surface area contributed by atoms with Crippen LogP contribution in [0.1, 0.15) is 16.1 Å². The maximum atomic E-state index is 11.6. The zero-order valence-corrected chi connectivity index (χ0v) is 11.0. The summed E-state index contributed by atoms with van der Waals surface area (Å²) in [5.41, 5.74) is -0.133. The van der Waals surface area contributed by atoms with Gasteiger partial charge in [-0.05, 0) is 18.2 Å². The van der Waals surface area contributed by atoms with Crippen LogP contribution < -0.4 is 5.56 Å². The van der Waals surface area contributed by atoms with Crippen LogP contribution in [0, 0.1) is 0 Å². The summed E-state index contributed by atoms with van der Waals surface area (Å²) >= 11 is 12.0. The van der Waals surface area contributed by atoms with Crippen LogP contribution in [-0.4, -0.2) is 20.9 Å². The second-order valence-electron chi connectivity index (χ2n) is 3.72. The highest BCUT2D eigenvalue weighted by molar-refractivity contribution is 6.35. The molecule has 0 fully saturated rings. The fourth-order valence-corrected chi connectivity index (χ4v) is 2.03. The molecule has 19 heavy (non-hydrogen) atoms. The van der Waals surface area contributed by atoms with Crippen LogP contribution >= 0.6 is 23.2 Å². The van der Waals surface area contributed by atoms with Crippen molar-refractivity contribution < 1.29 is 9.90 Å². The Morgan fingerprint density at radius 2 is 1.84 bits per heavy atom. The molecule has 0 aliphatic heterocycles. The summed E-state index contributed by atoms with van der Waals surface area (Å²) in [5, 5.41) is 13.4.